The Morgan fingerprint density at radius 1 is 0.903 bits per heavy atom. The van der Waals surface area contributed by atoms with Crippen LogP contribution in [0.5, 0.6) is 0 Å². The van der Waals surface area contributed by atoms with Crippen LogP contribution in [-0.4, -0.2) is 30.9 Å². The zero-order valence-corrected chi connectivity index (χ0v) is 18.7. The fourth-order valence-corrected chi connectivity index (χ4v) is 3.99. The molecule has 6 heteroatoms. The quantitative estimate of drug-likeness (QED) is 0.321. The lowest BCUT2D eigenvalue weighted by Gasteiger charge is -2.26. The zero-order chi connectivity index (χ0) is 22.1. The molecule has 4 rings (SSSR count). The largest absolute Gasteiger partial charge is 0.507 e. The molecule has 1 aliphatic heterocycles. The molecule has 5 nitrogen and oxygen atoms in total. The molecule has 3 aromatic carbocycles. The van der Waals surface area contributed by atoms with Crippen molar-refractivity contribution in [2.45, 2.75) is 6.04 Å². The number of para-hydroxylation sites is 1. The number of amides is 1. The molecule has 1 unspecified atom stereocenters. The van der Waals surface area contributed by atoms with Crippen molar-refractivity contribution in [2.75, 3.05) is 23.9 Å². The summed E-state index contributed by atoms with van der Waals surface area (Å²) in [6.07, 6.45) is 0. The number of anilines is 2. The maximum Gasteiger partial charge on any atom is 0.300 e. The van der Waals surface area contributed by atoms with Crippen molar-refractivity contribution in [3.63, 3.8) is 0 Å². The first-order valence-electron chi connectivity index (χ1n) is 9.78. The van der Waals surface area contributed by atoms with E-state index in [1.807, 2.05) is 61.5 Å². The first kappa shape index (κ1) is 20.9. The summed E-state index contributed by atoms with van der Waals surface area (Å²) >= 11 is 3.38. The molecule has 1 aliphatic rings. The van der Waals surface area contributed by atoms with Gasteiger partial charge in [0, 0.05) is 35.5 Å². The minimum Gasteiger partial charge on any atom is -0.507 e. The molecule has 1 atom stereocenters. The molecule has 0 aliphatic carbocycles. The molecule has 1 N–H and O–H groups in total. The number of aliphatic hydroxyl groups is 1. The summed E-state index contributed by atoms with van der Waals surface area (Å²) in [7, 11) is 3.89. The van der Waals surface area contributed by atoms with Crippen LogP contribution in [0.25, 0.3) is 5.76 Å². The Hall–Kier alpha value is -3.38. The molecule has 0 aromatic heterocycles. The maximum absolute atomic E-state index is 13.1. The number of hydrogen-bond donors (Lipinski definition) is 1. The van der Waals surface area contributed by atoms with Crippen LogP contribution < -0.4 is 9.80 Å². The molecule has 0 bridgehead atoms. The van der Waals surface area contributed by atoms with Crippen LogP contribution in [-0.2, 0) is 9.59 Å². The summed E-state index contributed by atoms with van der Waals surface area (Å²) in [4.78, 5) is 29.6. The minimum atomic E-state index is -0.734. The number of Topliss-reactive ketones (excluding diaryl/α,β-unsaturated/α-hetero) is 1. The second kappa shape index (κ2) is 8.40. The first-order valence-corrected chi connectivity index (χ1v) is 10.6. The van der Waals surface area contributed by atoms with E-state index in [-0.39, 0.29) is 11.3 Å². The average molecular weight is 477 g/mol. The number of carbonyl (C=O) groups excluding carboxylic acids is 2. The van der Waals surface area contributed by atoms with E-state index >= 15 is 0 Å². The number of halogens is 1. The van der Waals surface area contributed by atoms with Crippen LogP contribution in [0.4, 0.5) is 11.4 Å². The number of rotatable bonds is 4. The molecule has 1 saturated heterocycles. The van der Waals surface area contributed by atoms with Crippen LogP contribution >= 0.6 is 15.9 Å². The van der Waals surface area contributed by atoms with Crippen molar-refractivity contribution in [1.29, 1.82) is 0 Å². The molecule has 3 aromatic rings. The molecule has 1 heterocycles. The van der Waals surface area contributed by atoms with Crippen molar-refractivity contribution >= 4 is 44.8 Å². The Bertz CT molecular complexity index is 1150. The summed E-state index contributed by atoms with van der Waals surface area (Å²) < 4.78 is 0.851. The topological polar surface area (TPSA) is 60.9 Å². The number of benzene rings is 3. The van der Waals surface area contributed by atoms with E-state index in [9.17, 15) is 14.7 Å². The lowest BCUT2D eigenvalue weighted by Crippen LogP contribution is -2.29. The van der Waals surface area contributed by atoms with Gasteiger partial charge >= 0.3 is 0 Å². The molecule has 0 spiro atoms. The van der Waals surface area contributed by atoms with Gasteiger partial charge in [-0.3, -0.25) is 14.5 Å². The van der Waals surface area contributed by atoms with Crippen LogP contribution in [0.15, 0.2) is 88.9 Å². The Labute approximate surface area is 189 Å². The van der Waals surface area contributed by atoms with Gasteiger partial charge in [-0.05, 0) is 42.0 Å². The van der Waals surface area contributed by atoms with Crippen molar-refractivity contribution in [3.8, 4) is 0 Å². The van der Waals surface area contributed by atoms with E-state index in [2.05, 4.69) is 15.9 Å². The third-order valence-corrected chi connectivity index (χ3v) is 5.85. The summed E-state index contributed by atoms with van der Waals surface area (Å²) in [6, 6.07) is 22.9. The van der Waals surface area contributed by atoms with Gasteiger partial charge in [0.2, 0.25) is 0 Å². The highest BCUT2D eigenvalue weighted by Crippen LogP contribution is 2.42. The average Bonchev–Trinajstić information content (AvgIpc) is 3.05. The van der Waals surface area contributed by atoms with E-state index < -0.39 is 17.7 Å². The molecule has 0 radical (unpaired) electrons. The highest BCUT2D eigenvalue weighted by Gasteiger charge is 2.46. The van der Waals surface area contributed by atoms with Crippen LogP contribution in [0, 0.1) is 0 Å². The molecule has 31 heavy (non-hydrogen) atoms. The Kier molecular flexibility index (Phi) is 5.65. The van der Waals surface area contributed by atoms with E-state index in [0.717, 1.165) is 15.7 Å². The van der Waals surface area contributed by atoms with Gasteiger partial charge in [-0.25, -0.2) is 0 Å². The molecule has 1 fully saturated rings. The van der Waals surface area contributed by atoms with Gasteiger partial charge in [0.25, 0.3) is 11.7 Å². The van der Waals surface area contributed by atoms with Crippen molar-refractivity contribution < 1.29 is 14.7 Å². The highest BCUT2D eigenvalue weighted by atomic mass is 79.9. The third-order valence-electron chi connectivity index (χ3n) is 5.32. The Morgan fingerprint density at radius 3 is 2.10 bits per heavy atom. The molecule has 0 saturated carbocycles. The summed E-state index contributed by atoms with van der Waals surface area (Å²) in [5.41, 5.74) is 2.89. The molecular formula is C25H21BrN2O3. The van der Waals surface area contributed by atoms with Crippen molar-refractivity contribution in [1.82, 2.24) is 0 Å². The van der Waals surface area contributed by atoms with Gasteiger partial charge in [-0.1, -0.05) is 58.4 Å². The molecule has 1 amide bonds. The lowest BCUT2D eigenvalue weighted by atomic mass is 9.95. The van der Waals surface area contributed by atoms with Gasteiger partial charge in [0.1, 0.15) is 5.76 Å². The fraction of sp³-hybridized carbons (Fsp3) is 0.120. The number of ketones is 1. The van der Waals surface area contributed by atoms with Crippen molar-refractivity contribution in [3.05, 3.63) is 100 Å². The SMILES string of the molecule is CN(C)c1ccc(C2/C(=C(/O)c3ccc(Br)cc3)C(=O)C(=O)N2c2ccccc2)cc1. The summed E-state index contributed by atoms with van der Waals surface area (Å²) in [5.74, 6) is -1.55. The second-order valence-corrected chi connectivity index (χ2v) is 8.41. The lowest BCUT2D eigenvalue weighted by molar-refractivity contribution is -0.132. The van der Waals surface area contributed by atoms with Crippen LogP contribution in [0.3, 0.4) is 0 Å². The smallest absolute Gasteiger partial charge is 0.300 e. The monoisotopic (exact) mass is 476 g/mol. The molecule has 156 valence electrons. The summed E-state index contributed by atoms with van der Waals surface area (Å²) in [6.45, 7) is 0. The third kappa shape index (κ3) is 3.86. The molecular weight excluding hydrogens is 456 g/mol. The van der Waals surface area contributed by atoms with Gasteiger partial charge < -0.3 is 10.0 Å². The van der Waals surface area contributed by atoms with Crippen LogP contribution in [0.2, 0.25) is 0 Å². The zero-order valence-electron chi connectivity index (χ0n) is 17.1. The van der Waals surface area contributed by atoms with E-state index in [4.69, 9.17) is 0 Å². The normalized spacial score (nSPS) is 17.8. The van der Waals surface area contributed by atoms with Gasteiger partial charge in [-0.2, -0.15) is 0 Å². The Balaban J connectivity index is 1.91. The number of nitrogens with zero attached hydrogens (tertiary/aromatic N) is 2. The van der Waals surface area contributed by atoms with E-state index in [1.165, 1.54) is 4.90 Å². The van der Waals surface area contributed by atoms with Gasteiger partial charge in [-0.15, -0.1) is 0 Å². The highest BCUT2D eigenvalue weighted by molar-refractivity contribution is 9.10. The standard InChI is InChI=1S/C25H21BrN2O3/c1-27(2)19-14-10-16(11-15-19)22-21(23(29)17-8-12-18(26)13-9-17)24(30)25(31)28(22)20-6-4-3-5-7-20/h3-15,22,29H,1-2H3/b23-21-. The second-order valence-electron chi connectivity index (χ2n) is 7.50. The first-order chi connectivity index (χ1) is 14.9. The van der Waals surface area contributed by atoms with Gasteiger partial charge in [0.05, 0.1) is 11.6 Å². The number of carbonyl (C=O) groups is 2. The number of aliphatic hydroxyl groups excluding tert-OH is 1. The maximum atomic E-state index is 13.1. The predicted octanol–water partition coefficient (Wildman–Crippen LogP) is 5.14. The summed E-state index contributed by atoms with van der Waals surface area (Å²) in [5, 5.41) is 11.1. The van der Waals surface area contributed by atoms with Crippen LogP contribution in [0.1, 0.15) is 17.2 Å². The van der Waals surface area contributed by atoms with E-state index in [0.29, 0.717) is 11.3 Å². The minimum absolute atomic E-state index is 0.0776. The van der Waals surface area contributed by atoms with Gasteiger partial charge in [0.15, 0.2) is 0 Å². The van der Waals surface area contributed by atoms with Crippen molar-refractivity contribution in [2.24, 2.45) is 0 Å². The fourth-order valence-electron chi connectivity index (χ4n) is 3.72. The Morgan fingerprint density at radius 2 is 1.52 bits per heavy atom. The van der Waals surface area contributed by atoms with E-state index in [1.54, 1.807) is 36.4 Å². The number of hydrogen-bond acceptors (Lipinski definition) is 4. The predicted molar refractivity (Wildman–Crippen MR) is 126 cm³/mol.